The number of nitrogens with one attached hydrogen (secondary N) is 1. The fourth-order valence-corrected chi connectivity index (χ4v) is 4.23. The van der Waals surface area contributed by atoms with Crippen LogP contribution in [-0.2, 0) is 11.3 Å². The van der Waals surface area contributed by atoms with E-state index < -0.39 is 0 Å². The van der Waals surface area contributed by atoms with Gasteiger partial charge in [0.05, 0.1) is 43.8 Å². The summed E-state index contributed by atoms with van der Waals surface area (Å²) in [5.74, 6) is 0. The third-order valence-corrected chi connectivity index (χ3v) is 5.99. The number of anilines is 1. The van der Waals surface area contributed by atoms with Gasteiger partial charge in [0.15, 0.2) is 11.1 Å². The van der Waals surface area contributed by atoms with Crippen LogP contribution in [0.1, 0.15) is 5.56 Å². The number of aromatic amines is 1. The fraction of sp³-hybridized carbons (Fsp3) is 0.227. The van der Waals surface area contributed by atoms with Crippen molar-refractivity contribution in [2.24, 2.45) is 4.99 Å². The van der Waals surface area contributed by atoms with Gasteiger partial charge in [-0.25, -0.2) is 15.0 Å². The molecule has 0 unspecified atom stereocenters. The van der Waals surface area contributed by atoms with Crippen LogP contribution in [-0.4, -0.2) is 45.8 Å². The van der Waals surface area contributed by atoms with Gasteiger partial charge in [-0.3, -0.25) is 0 Å². The highest BCUT2D eigenvalue weighted by Crippen LogP contribution is 2.29. The minimum Gasteiger partial charge on any atom is -0.378 e. The first-order valence-corrected chi connectivity index (χ1v) is 10.7. The van der Waals surface area contributed by atoms with Crippen LogP contribution < -0.4 is 10.4 Å². The van der Waals surface area contributed by atoms with Crippen LogP contribution in [0.5, 0.6) is 0 Å². The second-order valence-corrected chi connectivity index (χ2v) is 8.01. The van der Waals surface area contributed by atoms with Gasteiger partial charge in [-0.1, -0.05) is 41.4 Å². The second-order valence-electron chi connectivity index (χ2n) is 7.20. The number of halogens is 2. The molecule has 7 nitrogen and oxygen atoms in total. The van der Waals surface area contributed by atoms with Crippen molar-refractivity contribution in [3.63, 3.8) is 0 Å². The van der Waals surface area contributed by atoms with Crippen LogP contribution in [0.2, 0.25) is 10.0 Å². The Morgan fingerprint density at radius 1 is 1.00 bits per heavy atom. The summed E-state index contributed by atoms with van der Waals surface area (Å²) in [5.41, 5.74) is 4.81. The van der Waals surface area contributed by atoms with E-state index >= 15 is 0 Å². The van der Waals surface area contributed by atoms with Gasteiger partial charge in [0.2, 0.25) is 0 Å². The number of hydrogen-bond donors (Lipinski definition) is 1. The van der Waals surface area contributed by atoms with Gasteiger partial charge in [0.1, 0.15) is 5.52 Å². The van der Waals surface area contributed by atoms with E-state index in [1.807, 2.05) is 41.0 Å². The van der Waals surface area contributed by atoms with Gasteiger partial charge in [0.25, 0.3) is 0 Å². The summed E-state index contributed by atoms with van der Waals surface area (Å²) in [7, 11) is 0. The van der Waals surface area contributed by atoms with Crippen LogP contribution in [0.15, 0.2) is 60.1 Å². The maximum atomic E-state index is 6.36. The molecular formula is C22H20Cl2N6O. The number of nitrogens with zero attached hydrogens (tertiary/aromatic N) is 5. The van der Waals surface area contributed by atoms with Crippen molar-refractivity contribution < 1.29 is 4.74 Å². The Morgan fingerprint density at radius 3 is 2.58 bits per heavy atom. The van der Waals surface area contributed by atoms with Crippen molar-refractivity contribution in [3.8, 4) is 0 Å². The molecule has 0 saturated carbocycles. The highest BCUT2D eigenvalue weighted by Gasteiger charge is 2.15. The number of hydrogen-bond acceptors (Lipinski definition) is 5. The van der Waals surface area contributed by atoms with Gasteiger partial charge in [-0.15, -0.1) is 0 Å². The number of benzene rings is 2. The number of aromatic nitrogens is 4. The zero-order valence-electron chi connectivity index (χ0n) is 16.6. The first-order valence-electron chi connectivity index (χ1n) is 9.98. The molecule has 9 heteroatoms. The topological polar surface area (TPSA) is 71.3 Å². The van der Waals surface area contributed by atoms with E-state index in [0.29, 0.717) is 35.3 Å². The van der Waals surface area contributed by atoms with Crippen molar-refractivity contribution in [2.75, 3.05) is 31.2 Å². The average Bonchev–Trinajstić information content (AvgIpc) is 3.29. The first kappa shape index (κ1) is 20.1. The number of para-hydroxylation sites is 2. The van der Waals surface area contributed by atoms with Crippen molar-refractivity contribution in [2.45, 2.75) is 6.54 Å². The van der Waals surface area contributed by atoms with E-state index in [4.69, 9.17) is 32.9 Å². The van der Waals surface area contributed by atoms with Crippen LogP contribution in [0, 0.1) is 0 Å². The number of imidazole rings is 1. The summed E-state index contributed by atoms with van der Waals surface area (Å²) in [6.07, 6.45) is 3.36. The number of fused-ring (bicyclic) bond motifs is 1. The van der Waals surface area contributed by atoms with E-state index in [2.05, 4.69) is 25.9 Å². The maximum Gasteiger partial charge on any atom is 0.181 e. The molecule has 31 heavy (non-hydrogen) atoms. The van der Waals surface area contributed by atoms with Crippen molar-refractivity contribution >= 4 is 45.7 Å². The summed E-state index contributed by atoms with van der Waals surface area (Å²) in [5, 5.41) is 1.22. The molecule has 0 spiro atoms. The smallest absolute Gasteiger partial charge is 0.181 e. The van der Waals surface area contributed by atoms with E-state index in [1.165, 1.54) is 0 Å². The third kappa shape index (κ3) is 4.04. The Labute approximate surface area is 188 Å². The second kappa shape index (κ2) is 8.70. The zero-order valence-corrected chi connectivity index (χ0v) is 18.1. The minimum atomic E-state index is 0.456. The fourth-order valence-electron chi connectivity index (χ4n) is 3.71. The summed E-state index contributed by atoms with van der Waals surface area (Å²) >= 11 is 12.7. The summed E-state index contributed by atoms with van der Waals surface area (Å²) in [6.45, 7) is 3.57. The lowest BCUT2D eigenvalue weighted by molar-refractivity contribution is 0.123. The molecule has 0 radical (unpaired) electrons. The molecule has 1 fully saturated rings. The van der Waals surface area contributed by atoms with Crippen LogP contribution >= 0.6 is 23.2 Å². The molecular weight excluding hydrogens is 435 g/mol. The lowest BCUT2D eigenvalue weighted by Gasteiger charge is -2.29. The standard InChI is InChI=1S/C22H20Cl2N6O/c23-16-4-3-5-17(24)15(16)12-30-14-27-21(20-22(30)26-13-25-20)28-18-6-1-2-7-19(18)29-8-10-31-11-9-29/h1-7,13-14H,8-12H2,(H,25,26). The van der Waals surface area contributed by atoms with Crippen molar-refractivity contribution in [1.82, 2.24) is 19.5 Å². The predicted octanol–water partition coefficient (Wildman–Crippen LogP) is 4.18. The Morgan fingerprint density at radius 2 is 1.77 bits per heavy atom. The maximum absolute atomic E-state index is 6.36. The molecule has 2 aromatic heterocycles. The van der Waals surface area contributed by atoms with Gasteiger partial charge < -0.3 is 19.2 Å². The summed E-state index contributed by atoms with van der Waals surface area (Å²) in [4.78, 5) is 19.4. The first-order chi connectivity index (χ1) is 15.2. The minimum absolute atomic E-state index is 0.456. The molecule has 0 bridgehead atoms. The van der Waals surface area contributed by atoms with Gasteiger partial charge >= 0.3 is 0 Å². The highest BCUT2D eigenvalue weighted by atomic mass is 35.5. The quantitative estimate of drug-likeness (QED) is 0.501. The van der Waals surface area contributed by atoms with Gasteiger partial charge in [0, 0.05) is 28.7 Å². The van der Waals surface area contributed by atoms with E-state index in [9.17, 15) is 0 Å². The molecule has 0 amide bonds. The molecule has 1 N–H and O–H groups in total. The summed E-state index contributed by atoms with van der Waals surface area (Å²) in [6, 6.07) is 13.6. The molecule has 3 heterocycles. The number of H-pyrrole nitrogens is 1. The van der Waals surface area contributed by atoms with Crippen molar-refractivity contribution in [1.29, 1.82) is 0 Å². The molecule has 0 atom stereocenters. The monoisotopic (exact) mass is 454 g/mol. The third-order valence-electron chi connectivity index (χ3n) is 5.28. The van der Waals surface area contributed by atoms with E-state index in [1.54, 1.807) is 12.7 Å². The lowest BCUT2D eigenvalue weighted by atomic mass is 10.2. The SMILES string of the molecule is Clc1cccc(Cl)c1Cn1cnc(=Nc2ccccc2N2CCOCC2)c2[nH]cnc21. The molecule has 1 saturated heterocycles. The molecule has 0 aliphatic carbocycles. The predicted molar refractivity (Wildman–Crippen MR) is 122 cm³/mol. The Hall–Kier alpha value is -2.87. The zero-order chi connectivity index (χ0) is 21.2. The Kier molecular flexibility index (Phi) is 5.63. The normalized spacial score (nSPS) is 15.0. The molecule has 4 aromatic rings. The Bertz CT molecular complexity index is 1270. The molecule has 158 valence electrons. The molecule has 2 aromatic carbocycles. The molecule has 1 aliphatic rings. The highest BCUT2D eigenvalue weighted by molar-refractivity contribution is 6.36. The van der Waals surface area contributed by atoms with Gasteiger partial charge in [-0.05, 0) is 24.3 Å². The van der Waals surface area contributed by atoms with E-state index in [-0.39, 0.29) is 0 Å². The number of rotatable bonds is 4. The lowest BCUT2D eigenvalue weighted by Crippen LogP contribution is -2.36. The van der Waals surface area contributed by atoms with Crippen LogP contribution in [0.25, 0.3) is 11.2 Å². The summed E-state index contributed by atoms with van der Waals surface area (Å²) < 4.78 is 7.39. The van der Waals surface area contributed by atoms with Crippen LogP contribution in [0.3, 0.4) is 0 Å². The average molecular weight is 455 g/mol. The van der Waals surface area contributed by atoms with Crippen molar-refractivity contribution in [3.05, 3.63) is 76.2 Å². The Balaban J connectivity index is 1.57. The van der Waals surface area contributed by atoms with Crippen LogP contribution in [0.4, 0.5) is 11.4 Å². The van der Waals surface area contributed by atoms with Gasteiger partial charge in [-0.2, -0.15) is 0 Å². The number of ether oxygens (including phenoxy) is 1. The molecule has 1 aliphatic heterocycles. The van der Waals surface area contributed by atoms with E-state index in [0.717, 1.165) is 41.2 Å². The largest absolute Gasteiger partial charge is 0.378 e. The number of morpholine rings is 1. The molecule has 5 rings (SSSR count).